The van der Waals surface area contributed by atoms with E-state index in [1.165, 1.54) is 12.5 Å². The van der Waals surface area contributed by atoms with Crippen molar-refractivity contribution in [3.63, 3.8) is 0 Å². The van der Waals surface area contributed by atoms with Crippen molar-refractivity contribution in [2.45, 2.75) is 27.4 Å². The zero-order valence-electron chi connectivity index (χ0n) is 19.3. The number of methoxy groups -OCH3 is 1. The van der Waals surface area contributed by atoms with Gasteiger partial charge in [0.25, 0.3) is 0 Å². The fraction of sp³-hybridized carbons (Fsp3) is 0.214. The average molecular weight is 448 g/mol. The lowest BCUT2D eigenvalue weighted by Gasteiger charge is -2.14. The van der Waals surface area contributed by atoms with Gasteiger partial charge in [-0.15, -0.1) is 0 Å². The smallest absolute Gasteiger partial charge is 0.162 e. The van der Waals surface area contributed by atoms with Gasteiger partial charge in [-0.1, -0.05) is 43.0 Å². The van der Waals surface area contributed by atoms with Gasteiger partial charge in [-0.2, -0.15) is 0 Å². The van der Waals surface area contributed by atoms with Crippen LogP contribution in [0.15, 0.2) is 66.2 Å². The first-order chi connectivity index (χ1) is 15.7. The Morgan fingerprint density at radius 3 is 2.30 bits per heavy atom. The Balaban J connectivity index is 1.86. The maximum Gasteiger partial charge on any atom is 0.162 e. The second-order valence-corrected chi connectivity index (χ2v) is 7.99. The lowest BCUT2D eigenvalue weighted by Crippen LogP contribution is -2.06. The van der Waals surface area contributed by atoms with E-state index in [0.29, 0.717) is 12.3 Å². The fourth-order valence-electron chi connectivity index (χ4n) is 3.71. The fourth-order valence-corrected chi connectivity index (χ4v) is 3.71. The summed E-state index contributed by atoms with van der Waals surface area (Å²) in [6.45, 7) is 9.67. The number of rotatable bonds is 8. The molecule has 33 heavy (non-hydrogen) atoms. The van der Waals surface area contributed by atoms with Crippen LogP contribution in [0.3, 0.4) is 0 Å². The van der Waals surface area contributed by atoms with E-state index < -0.39 is 17.4 Å². The van der Waals surface area contributed by atoms with Crippen molar-refractivity contribution in [3.8, 4) is 11.1 Å². The molecule has 0 amide bonds. The first-order valence-electron chi connectivity index (χ1n) is 10.6. The van der Waals surface area contributed by atoms with E-state index in [1.54, 1.807) is 14.0 Å². The highest BCUT2D eigenvalue weighted by Gasteiger charge is 2.15. The van der Waals surface area contributed by atoms with Crippen LogP contribution in [0.1, 0.15) is 46.5 Å². The molecule has 3 nitrogen and oxygen atoms in total. The molecule has 0 aromatic heterocycles. The molecule has 0 bridgehead atoms. The molecule has 0 atom stereocenters. The highest BCUT2D eigenvalue weighted by molar-refractivity contribution is 6.01. The van der Waals surface area contributed by atoms with Gasteiger partial charge in [0.1, 0.15) is 11.6 Å². The molecule has 0 saturated heterocycles. The van der Waals surface area contributed by atoms with Crippen LogP contribution in [-0.4, -0.2) is 25.1 Å². The maximum atomic E-state index is 14.4. The van der Waals surface area contributed by atoms with Gasteiger partial charge in [0.05, 0.1) is 18.7 Å². The number of Topliss-reactive ketones (excluding diaryl/α,β-unsaturated/α-hetero) is 1. The molecule has 0 unspecified atom stereocenters. The van der Waals surface area contributed by atoms with Gasteiger partial charge >= 0.3 is 0 Å². The lowest BCUT2D eigenvalue weighted by atomic mass is 9.93. The molecule has 0 spiro atoms. The van der Waals surface area contributed by atoms with Crippen LogP contribution in [0.4, 0.5) is 8.78 Å². The summed E-state index contributed by atoms with van der Waals surface area (Å²) in [5, 5.41) is 0. The molecule has 0 aliphatic rings. The zero-order chi connectivity index (χ0) is 24.1. The van der Waals surface area contributed by atoms with Gasteiger partial charge in [-0.05, 0) is 72.4 Å². The van der Waals surface area contributed by atoms with Crippen molar-refractivity contribution in [3.05, 3.63) is 101 Å². The minimum Gasteiger partial charge on any atom is -0.380 e. The van der Waals surface area contributed by atoms with Crippen LogP contribution in [0.5, 0.6) is 0 Å². The van der Waals surface area contributed by atoms with E-state index in [0.717, 1.165) is 40.0 Å². The van der Waals surface area contributed by atoms with Crippen LogP contribution >= 0.6 is 0 Å². The van der Waals surface area contributed by atoms with Gasteiger partial charge in [-0.25, -0.2) is 8.78 Å². The molecule has 0 radical (unpaired) electrons. The largest absolute Gasteiger partial charge is 0.380 e. The number of hydrogen-bond acceptors (Lipinski definition) is 3. The molecule has 170 valence electrons. The first kappa shape index (κ1) is 24.2. The number of halogens is 2. The standard InChI is InChI=1S/C28H27F2NO2/c1-17-8-6-7-9-23(17)24-11-10-21(12-22(24)16-33-5)18(2)15-31-19(3)25-13-28(30)26(20(4)32)14-27(25)29/h6-14H,2,15-16H2,1,3-5H3. The Morgan fingerprint density at radius 2 is 1.64 bits per heavy atom. The van der Waals surface area contributed by atoms with Crippen LogP contribution in [0.25, 0.3) is 16.7 Å². The summed E-state index contributed by atoms with van der Waals surface area (Å²) in [6.07, 6.45) is 0. The van der Waals surface area contributed by atoms with E-state index in [9.17, 15) is 13.6 Å². The Morgan fingerprint density at radius 1 is 0.970 bits per heavy atom. The van der Waals surface area contributed by atoms with E-state index in [4.69, 9.17) is 4.74 Å². The SMILES string of the molecule is C=C(CN=C(C)c1cc(F)c(C(C)=O)cc1F)c1ccc(-c2ccccc2C)c(COC)c1. The summed E-state index contributed by atoms with van der Waals surface area (Å²) in [5.41, 5.74) is 6.16. The topological polar surface area (TPSA) is 38.7 Å². The molecule has 3 aromatic rings. The Hall–Kier alpha value is -3.44. The molecule has 0 aliphatic heterocycles. The van der Waals surface area contributed by atoms with Gasteiger partial charge in [0.15, 0.2) is 5.78 Å². The van der Waals surface area contributed by atoms with Crippen molar-refractivity contribution in [2.75, 3.05) is 13.7 Å². The monoisotopic (exact) mass is 447 g/mol. The number of nitrogens with zero attached hydrogens (tertiary/aromatic N) is 1. The Kier molecular flexibility index (Phi) is 7.67. The third-order valence-corrected chi connectivity index (χ3v) is 5.58. The second kappa shape index (κ2) is 10.5. The molecule has 5 heteroatoms. The van der Waals surface area contributed by atoms with E-state index in [2.05, 4.69) is 30.6 Å². The summed E-state index contributed by atoms with van der Waals surface area (Å²) in [4.78, 5) is 15.8. The average Bonchev–Trinajstić information content (AvgIpc) is 2.79. The zero-order valence-corrected chi connectivity index (χ0v) is 19.3. The molecule has 0 N–H and O–H groups in total. The van der Waals surface area contributed by atoms with Crippen molar-refractivity contribution >= 4 is 17.1 Å². The maximum absolute atomic E-state index is 14.4. The van der Waals surface area contributed by atoms with Crippen molar-refractivity contribution in [2.24, 2.45) is 4.99 Å². The number of benzene rings is 3. The number of ether oxygens (including phenoxy) is 1. The predicted molar refractivity (Wildman–Crippen MR) is 130 cm³/mol. The van der Waals surface area contributed by atoms with Crippen molar-refractivity contribution in [1.82, 2.24) is 0 Å². The summed E-state index contributed by atoms with van der Waals surface area (Å²) < 4.78 is 34.0. The number of carbonyl (C=O) groups excluding carboxylic acids is 1. The van der Waals surface area contributed by atoms with Gasteiger partial charge in [0, 0.05) is 18.4 Å². The molecule has 0 heterocycles. The molecular weight excluding hydrogens is 420 g/mol. The highest BCUT2D eigenvalue weighted by Crippen LogP contribution is 2.30. The highest BCUT2D eigenvalue weighted by atomic mass is 19.1. The number of aliphatic imine (C=N–C) groups is 1. The Labute approximate surface area is 193 Å². The van der Waals surface area contributed by atoms with Crippen molar-refractivity contribution < 1.29 is 18.3 Å². The van der Waals surface area contributed by atoms with Gasteiger partial charge in [0.2, 0.25) is 0 Å². The third-order valence-electron chi connectivity index (χ3n) is 5.58. The second-order valence-electron chi connectivity index (χ2n) is 7.99. The van der Waals surface area contributed by atoms with E-state index >= 15 is 0 Å². The molecule has 0 fully saturated rings. The number of hydrogen-bond donors (Lipinski definition) is 0. The summed E-state index contributed by atoms with van der Waals surface area (Å²) >= 11 is 0. The lowest BCUT2D eigenvalue weighted by molar-refractivity contribution is 0.101. The number of aryl methyl sites for hydroxylation is 1. The van der Waals surface area contributed by atoms with Gasteiger partial charge in [-0.3, -0.25) is 9.79 Å². The molecule has 3 rings (SSSR count). The molecule has 0 saturated carbocycles. The normalized spacial score (nSPS) is 11.5. The van der Waals surface area contributed by atoms with E-state index in [-0.39, 0.29) is 17.7 Å². The van der Waals surface area contributed by atoms with Crippen LogP contribution < -0.4 is 0 Å². The van der Waals surface area contributed by atoms with Crippen LogP contribution in [-0.2, 0) is 11.3 Å². The summed E-state index contributed by atoms with van der Waals surface area (Å²) in [6, 6.07) is 16.2. The third kappa shape index (κ3) is 5.49. The van der Waals surface area contributed by atoms with Gasteiger partial charge < -0.3 is 4.74 Å². The predicted octanol–water partition coefficient (Wildman–Crippen LogP) is 6.81. The van der Waals surface area contributed by atoms with Crippen LogP contribution in [0.2, 0.25) is 0 Å². The quantitative estimate of drug-likeness (QED) is 0.281. The van der Waals surface area contributed by atoms with Crippen LogP contribution in [0, 0.1) is 18.6 Å². The molecule has 3 aromatic carbocycles. The number of ketones is 1. The Bertz CT molecular complexity index is 1240. The summed E-state index contributed by atoms with van der Waals surface area (Å²) in [7, 11) is 1.65. The minimum atomic E-state index is -0.761. The van der Waals surface area contributed by atoms with Crippen molar-refractivity contribution in [1.29, 1.82) is 0 Å². The van der Waals surface area contributed by atoms with E-state index in [1.807, 2.05) is 30.3 Å². The molecule has 0 aliphatic carbocycles. The summed E-state index contributed by atoms with van der Waals surface area (Å²) in [5.74, 6) is -1.97. The molecular formula is C28H27F2NO2. The first-order valence-corrected chi connectivity index (χ1v) is 10.6. The number of carbonyl (C=O) groups is 1. The minimum absolute atomic E-state index is 0.0280.